The summed E-state index contributed by atoms with van der Waals surface area (Å²) in [5.41, 5.74) is 2.26. The highest BCUT2D eigenvalue weighted by Gasteiger charge is 2.10. The Balaban J connectivity index is 1.95. The number of rotatable bonds is 5. The van der Waals surface area contributed by atoms with Gasteiger partial charge in [-0.1, -0.05) is 40.2 Å². The van der Waals surface area contributed by atoms with Crippen LogP contribution >= 0.6 is 15.9 Å². The van der Waals surface area contributed by atoms with Gasteiger partial charge in [0.2, 0.25) is 0 Å². The summed E-state index contributed by atoms with van der Waals surface area (Å²) in [6, 6.07) is 15.6. The summed E-state index contributed by atoms with van der Waals surface area (Å²) in [7, 11) is 0. The van der Waals surface area contributed by atoms with Crippen LogP contribution in [0.15, 0.2) is 53.0 Å². The average molecular weight is 336 g/mol. The molecule has 0 aliphatic carbocycles. The van der Waals surface area contributed by atoms with Crippen LogP contribution < -0.4 is 5.32 Å². The number of halogens is 2. The quantitative estimate of drug-likeness (QED) is 0.821. The van der Waals surface area contributed by atoms with Crippen LogP contribution in [0.1, 0.15) is 31.0 Å². The lowest BCUT2D eigenvalue weighted by atomic mass is 10.0. The van der Waals surface area contributed by atoms with Gasteiger partial charge in [0.15, 0.2) is 0 Å². The van der Waals surface area contributed by atoms with E-state index in [9.17, 15) is 4.39 Å². The van der Waals surface area contributed by atoms with Crippen molar-refractivity contribution in [3.63, 3.8) is 0 Å². The molecule has 3 heteroatoms. The van der Waals surface area contributed by atoms with Gasteiger partial charge in [-0.15, -0.1) is 0 Å². The number of hydrogen-bond donors (Lipinski definition) is 1. The van der Waals surface area contributed by atoms with Crippen LogP contribution in [-0.2, 0) is 6.42 Å². The Bertz CT molecular complexity index is 570. The molecule has 1 unspecified atom stereocenters. The molecule has 2 aromatic carbocycles. The molecule has 0 aliphatic rings. The number of hydrogen-bond acceptors (Lipinski definition) is 1. The molecule has 20 heavy (non-hydrogen) atoms. The minimum Gasteiger partial charge on any atom is -0.307 e. The molecule has 1 N–H and O–H groups in total. The smallest absolute Gasteiger partial charge is 0.123 e. The topological polar surface area (TPSA) is 12.0 Å². The largest absolute Gasteiger partial charge is 0.307 e. The lowest BCUT2D eigenvalue weighted by molar-refractivity contribution is 0.476. The van der Waals surface area contributed by atoms with E-state index in [1.807, 2.05) is 18.2 Å². The fourth-order valence-electron chi connectivity index (χ4n) is 2.38. The molecule has 2 atom stereocenters. The van der Waals surface area contributed by atoms with Crippen molar-refractivity contribution in [1.29, 1.82) is 0 Å². The van der Waals surface area contributed by atoms with Crippen molar-refractivity contribution in [2.75, 3.05) is 0 Å². The molecular formula is C17H19BrFN. The Morgan fingerprint density at radius 3 is 2.55 bits per heavy atom. The second-order valence-electron chi connectivity index (χ2n) is 5.18. The molecule has 2 aromatic rings. The first-order valence-electron chi connectivity index (χ1n) is 6.80. The maximum atomic E-state index is 13.2. The van der Waals surface area contributed by atoms with Crippen LogP contribution in [0.25, 0.3) is 0 Å². The molecule has 2 rings (SSSR count). The first-order valence-corrected chi connectivity index (χ1v) is 7.60. The number of benzene rings is 2. The second-order valence-corrected chi connectivity index (χ2v) is 6.09. The normalized spacial score (nSPS) is 14.0. The Kier molecular flexibility index (Phi) is 5.32. The summed E-state index contributed by atoms with van der Waals surface area (Å²) in [6.45, 7) is 4.27. The molecule has 0 bridgehead atoms. The van der Waals surface area contributed by atoms with Gasteiger partial charge in [-0.25, -0.2) is 4.39 Å². The van der Waals surface area contributed by atoms with E-state index in [-0.39, 0.29) is 17.9 Å². The van der Waals surface area contributed by atoms with Crippen molar-refractivity contribution < 1.29 is 4.39 Å². The van der Waals surface area contributed by atoms with Gasteiger partial charge in [0, 0.05) is 16.6 Å². The van der Waals surface area contributed by atoms with E-state index >= 15 is 0 Å². The molecule has 0 amide bonds. The fourth-order valence-corrected chi connectivity index (χ4v) is 2.79. The molecule has 106 valence electrons. The van der Waals surface area contributed by atoms with Gasteiger partial charge in [-0.05, 0) is 55.7 Å². The van der Waals surface area contributed by atoms with Crippen molar-refractivity contribution in [1.82, 2.24) is 5.32 Å². The Morgan fingerprint density at radius 1 is 1.10 bits per heavy atom. The number of nitrogens with one attached hydrogen (secondary N) is 1. The Hall–Kier alpha value is -1.19. The van der Waals surface area contributed by atoms with Gasteiger partial charge in [0.1, 0.15) is 5.82 Å². The van der Waals surface area contributed by atoms with Crippen molar-refractivity contribution >= 4 is 15.9 Å². The van der Waals surface area contributed by atoms with E-state index in [2.05, 4.69) is 47.2 Å². The SMILES string of the molecule is CC(Cc1cccc(F)c1)N[C@H](C)c1cccc(Br)c1. The highest BCUT2D eigenvalue weighted by molar-refractivity contribution is 9.10. The fraction of sp³-hybridized carbons (Fsp3) is 0.294. The van der Waals surface area contributed by atoms with Crippen LogP contribution in [0.3, 0.4) is 0 Å². The first-order chi connectivity index (χ1) is 9.54. The maximum Gasteiger partial charge on any atom is 0.123 e. The van der Waals surface area contributed by atoms with Crippen LogP contribution in [0.4, 0.5) is 4.39 Å². The van der Waals surface area contributed by atoms with Gasteiger partial charge in [-0.2, -0.15) is 0 Å². The van der Waals surface area contributed by atoms with E-state index in [1.165, 1.54) is 11.6 Å². The molecule has 0 fully saturated rings. The van der Waals surface area contributed by atoms with Crippen LogP contribution in [0, 0.1) is 5.82 Å². The molecule has 0 aliphatic heterocycles. The summed E-state index contributed by atoms with van der Waals surface area (Å²) < 4.78 is 14.2. The third kappa shape index (κ3) is 4.43. The Labute approximate surface area is 128 Å². The molecule has 0 spiro atoms. The lowest BCUT2D eigenvalue weighted by Gasteiger charge is -2.20. The zero-order valence-corrected chi connectivity index (χ0v) is 13.3. The molecule has 0 aromatic heterocycles. The van der Waals surface area contributed by atoms with Crippen molar-refractivity contribution in [3.05, 3.63) is 69.9 Å². The van der Waals surface area contributed by atoms with Crippen molar-refractivity contribution in [3.8, 4) is 0 Å². The van der Waals surface area contributed by atoms with Crippen molar-refractivity contribution in [2.45, 2.75) is 32.4 Å². The molecule has 0 radical (unpaired) electrons. The van der Waals surface area contributed by atoms with Crippen molar-refractivity contribution in [2.24, 2.45) is 0 Å². The highest BCUT2D eigenvalue weighted by atomic mass is 79.9. The van der Waals surface area contributed by atoms with Gasteiger partial charge in [-0.3, -0.25) is 0 Å². The molecular weight excluding hydrogens is 317 g/mol. The lowest BCUT2D eigenvalue weighted by Crippen LogP contribution is -2.30. The van der Waals surface area contributed by atoms with E-state index in [4.69, 9.17) is 0 Å². The zero-order chi connectivity index (χ0) is 14.5. The molecule has 0 saturated heterocycles. The average Bonchev–Trinajstić information content (AvgIpc) is 2.38. The second kappa shape index (κ2) is 7.00. The standard InChI is InChI=1S/C17H19BrFN/c1-12(9-14-5-3-8-17(19)10-14)20-13(2)15-6-4-7-16(18)11-15/h3-8,10-13,20H,9H2,1-2H3/t12?,13-/m1/s1. The minimum absolute atomic E-state index is 0.172. The van der Waals surface area contributed by atoms with E-state index in [1.54, 1.807) is 12.1 Å². The van der Waals surface area contributed by atoms with Crippen LogP contribution in [0.5, 0.6) is 0 Å². The Morgan fingerprint density at radius 2 is 1.85 bits per heavy atom. The summed E-state index contributed by atoms with van der Waals surface area (Å²) in [5.74, 6) is -0.172. The van der Waals surface area contributed by atoms with Crippen LogP contribution in [0.2, 0.25) is 0 Å². The van der Waals surface area contributed by atoms with Gasteiger partial charge in [0.05, 0.1) is 0 Å². The highest BCUT2D eigenvalue weighted by Crippen LogP contribution is 2.18. The first kappa shape index (κ1) is 15.2. The van der Waals surface area contributed by atoms with Gasteiger partial charge < -0.3 is 5.32 Å². The van der Waals surface area contributed by atoms with E-state index < -0.39 is 0 Å². The van der Waals surface area contributed by atoms with E-state index in [0.717, 1.165) is 16.5 Å². The van der Waals surface area contributed by atoms with Gasteiger partial charge >= 0.3 is 0 Å². The maximum absolute atomic E-state index is 13.2. The molecule has 0 saturated carbocycles. The molecule has 1 nitrogen and oxygen atoms in total. The minimum atomic E-state index is -0.172. The predicted octanol–water partition coefficient (Wildman–Crippen LogP) is 4.87. The third-order valence-corrected chi connectivity index (χ3v) is 3.81. The predicted molar refractivity (Wildman–Crippen MR) is 85.3 cm³/mol. The summed E-state index contributed by atoms with van der Waals surface area (Å²) in [6.07, 6.45) is 0.816. The third-order valence-electron chi connectivity index (χ3n) is 3.31. The van der Waals surface area contributed by atoms with Gasteiger partial charge in [0.25, 0.3) is 0 Å². The zero-order valence-electron chi connectivity index (χ0n) is 11.7. The summed E-state index contributed by atoms with van der Waals surface area (Å²) in [5, 5.41) is 3.55. The van der Waals surface area contributed by atoms with E-state index in [0.29, 0.717) is 0 Å². The molecule has 0 heterocycles. The monoisotopic (exact) mass is 335 g/mol. The summed E-state index contributed by atoms with van der Waals surface area (Å²) >= 11 is 3.49. The summed E-state index contributed by atoms with van der Waals surface area (Å²) in [4.78, 5) is 0. The van der Waals surface area contributed by atoms with Crippen LogP contribution in [-0.4, -0.2) is 6.04 Å².